The second-order valence-electron chi connectivity index (χ2n) is 2.96. The molecular formula is C9H4F4N2O. The number of rotatable bonds is 1. The minimum absolute atomic E-state index is 0.153. The molecule has 0 amide bonds. The van der Waals surface area contributed by atoms with E-state index in [9.17, 15) is 17.6 Å². The third kappa shape index (κ3) is 1.50. The first kappa shape index (κ1) is 10.5. The second kappa shape index (κ2) is 3.51. The predicted molar refractivity (Wildman–Crippen MR) is 46.2 cm³/mol. The smallest absolute Gasteiger partial charge is 0.222 e. The molecule has 0 saturated heterocycles. The van der Waals surface area contributed by atoms with Crippen molar-refractivity contribution < 1.29 is 22.1 Å². The third-order valence-electron chi connectivity index (χ3n) is 1.91. The molecule has 16 heavy (non-hydrogen) atoms. The standard InChI is InChI=1S/C9H4F4N2O/c10-4-1-3(5-2-6(14)16-15-5)7(11)9(13)8(4)12/h1-2H,14H2. The minimum atomic E-state index is -1.91. The fraction of sp³-hybridized carbons (Fsp3) is 0. The number of aromatic nitrogens is 1. The Morgan fingerprint density at radius 2 is 1.69 bits per heavy atom. The van der Waals surface area contributed by atoms with Crippen LogP contribution in [0.15, 0.2) is 16.7 Å². The van der Waals surface area contributed by atoms with E-state index in [1.165, 1.54) is 0 Å². The first-order valence-corrected chi connectivity index (χ1v) is 4.06. The van der Waals surface area contributed by atoms with Crippen LogP contribution in [0, 0.1) is 23.3 Å². The maximum absolute atomic E-state index is 13.2. The average Bonchev–Trinajstić information content (AvgIpc) is 2.67. The molecule has 0 saturated carbocycles. The van der Waals surface area contributed by atoms with Crippen molar-refractivity contribution in [1.29, 1.82) is 0 Å². The van der Waals surface area contributed by atoms with Crippen molar-refractivity contribution in [2.75, 3.05) is 5.73 Å². The molecule has 0 radical (unpaired) electrons. The largest absolute Gasteiger partial charge is 0.368 e. The summed E-state index contributed by atoms with van der Waals surface area (Å²) in [4.78, 5) is 0. The van der Waals surface area contributed by atoms with Gasteiger partial charge in [0.2, 0.25) is 5.88 Å². The van der Waals surface area contributed by atoms with E-state index >= 15 is 0 Å². The van der Waals surface area contributed by atoms with Crippen LogP contribution in [0.25, 0.3) is 11.3 Å². The van der Waals surface area contributed by atoms with E-state index in [-0.39, 0.29) is 11.6 Å². The van der Waals surface area contributed by atoms with Crippen LogP contribution in [0.2, 0.25) is 0 Å². The van der Waals surface area contributed by atoms with Crippen molar-refractivity contribution in [2.45, 2.75) is 0 Å². The van der Waals surface area contributed by atoms with Crippen LogP contribution in [0.4, 0.5) is 23.4 Å². The number of halogens is 4. The average molecular weight is 232 g/mol. The number of hydrogen-bond acceptors (Lipinski definition) is 3. The zero-order chi connectivity index (χ0) is 11.9. The number of benzene rings is 1. The summed E-state index contributed by atoms with van der Waals surface area (Å²) in [6.45, 7) is 0. The third-order valence-corrected chi connectivity index (χ3v) is 1.91. The summed E-state index contributed by atoms with van der Waals surface area (Å²) in [5.74, 6) is -7.00. The molecule has 2 N–H and O–H groups in total. The number of hydrogen-bond donors (Lipinski definition) is 1. The van der Waals surface area contributed by atoms with Gasteiger partial charge in [-0.05, 0) is 6.07 Å². The molecule has 84 valence electrons. The molecule has 2 rings (SSSR count). The first-order chi connectivity index (χ1) is 7.50. The van der Waals surface area contributed by atoms with Gasteiger partial charge in [-0.3, -0.25) is 0 Å². The molecule has 1 heterocycles. The van der Waals surface area contributed by atoms with Gasteiger partial charge in [-0.25, -0.2) is 17.6 Å². The van der Waals surface area contributed by atoms with Gasteiger partial charge < -0.3 is 10.3 Å². The zero-order valence-corrected chi connectivity index (χ0v) is 7.60. The Labute approximate surface area is 86.5 Å². The summed E-state index contributed by atoms with van der Waals surface area (Å²) in [5.41, 5.74) is 4.39. The van der Waals surface area contributed by atoms with Crippen LogP contribution in [0.5, 0.6) is 0 Å². The Balaban J connectivity index is 2.66. The number of nitrogens with two attached hydrogens (primary N) is 1. The van der Waals surface area contributed by atoms with Crippen LogP contribution in [-0.4, -0.2) is 5.16 Å². The summed E-state index contributed by atoms with van der Waals surface area (Å²) in [6.07, 6.45) is 0. The summed E-state index contributed by atoms with van der Waals surface area (Å²) in [7, 11) is 0. The van der Waals surface area contributed by atoms with Gasteiger partial charge in [0.25, 0.3) is 0 Å². The van der Waals surface area contributed by atoms with Crippen molar-refractivity contribution in [2.24, 2.45) is 0 Å². The van der Waals surface area contributed by atoms with E-state index in [0.717, 1.165) is 6.07 Å². The number of anilines is 1. The van der Waals surface area contributed by atoms with Crippen LogP contribution in [-0.2, 0) is 0 Å². The highest BCUT2D eigenvalue weighted by Gasteiger charge is 2.21. The van der Waals surface area contributed by atoms with Crippen LogP contribution >= 0.6 is 0 Å². The lowest BCUT2D eigenvalue weighted by atomic mass is 10.1. The van der Waals surface area contributed by atoms with Crippen molar-refractivity contribution in [3.05, 3.63) is 35.4 Å². The summed E-state index contributed by atoms with van der Waals surface area (Å²) >= 11 is 0. The van der Waals surface area contributed by atoms with Crippen LogP contribution < -0.4 is 5.73 Å². The summed E-state index contributed by atoms with van der Waals surface area (Å²) in [6, 6.07) is 1.54. The molecule has 0 atom stereocenters. The van der Waals surface area contributed by atoms with Crippen molar-refractivity contribution in [3.63, 3.8) is 0 Å². The van der Waals surface area contributed by atoms with E-state index in [2.05, 4.69) is 9.68 Å². The lowest BCUT2D eigenvalue weighted by molar-refractivity contribution is 0.409. The maximum Gasteiger partial charge on any atom is 0.222 e. The maximum atomic E-state index is 13.2. The Morgan fingerprint density at radius 1 is 1.00 bits per heavy atom. The predicted octanol–water partition coefficient (Wildman–Crippen LogP) is 2.48. The van der Waals surface area contributed by atoms with E-state index in [1.807, 2.05) is 0 Å². The van der Waals surface area contributed by atoms with Crippen LogP contribution in [0.3, 0.4) is 0 Å². The molecule has 7 heteroatoms. The molecule has 0 fully saturated rings. The fourth-order valence-corrected chi connectivity index (χ4v) is 1.18. The van der Waals surface area contributed by atoms with Gasteiger partial charge in [0.05, 0.1) is 0 Å². The van der Waals surface area contributed by atoms with Gasteiger partial charge in [-0.2, -0.15) is 0 Å². The molecule has 0 aliphatic heterocycles. The van der Waals surface area contributed by atoms with Crippen molar-refractivity contribution >= 4 is 5.88 Å². The monoisotopic (exact) mass is 232 g/mol. The second-order valence-corrected chi connectivity index (χ2v) is 2.96. The van der Waals surface area contributed by atoms with Crippen LogP contribution in [0.1, 0.15) is 0 Å². The number of nitrogens with zero attached hydrogens (tertiary/aromatic N) is 1. The van der Waals surface area contributed by atoms with Gasteiger partial charge >= 0.3 is 0 Å². The van der Waals surface area contributed by atoms with E-state index in [1.54, 1.807) is 0 Å². The Kier molecular flexibility index (Phi) is 2.30. The molecule has 0 unspecified atom stereocenters. The van der Waals surface area contributed by atoms with Gasteiger partial charge in [-0.15, -0.1) is 0 Å². The van der Waals surface area contributed by atoms with E-state index in [4.69, 9.17) is 5.73 Å². The summed E-state index contributed by atoms with van der Waals surface area (Å²) < 4.78 is 56.0. The van der Waals surface area contributed by atoms with Gasteiger partial charge in [0.1, 0.15) is 5.69 Å². The minimum Gasteiger partial charge on any atom is -0.368 e. The Hall–Kier alpha value is -2.05. The molecule has 0 aliphatic carbocycles. The lowest BCUT2D eigenvalue weighted by Gasteiger charge is -2.01. The molecular weight excluding hydrogens is 228 g/mol. The van der Waals surface area contributed by atoms with E-state index in [0.29, 0.717) is 6.07 Å². The lowest BCUT2D eigenvalue weighted by Crippen LogP contribution is -1.98. The van der Waals surface area contributed by atoms with Crippen molar-refractivity contribution in [1.82, 2.24) is 5.16 Å². The molecule has 1 aromatic heterocycles. The SMILES string of the molecule is Nc1cc(-c2cc(F)c(F)c(F)c2F)no1. The highest BCUT2D eigenvalue weighted by Crippen LogP contribution is 2.27. The zero-order valence-electron chi connectivity index (χ0n) is 7.60. The fourth-order valence-electron chi connectivity index (χ4n) is 1.18. The molecule has 3 nitrogen and oxygen atoms in total. The molecule has 2 aromatic rings. The summed E-state index contributed by atoms with van der Waals surface area (Å²) in [5, 5.41) is 3.26. The normalized spacial score (nSPS) is 10.8. The van der Waals surface area contributed by atoms with E-state index < -0.39 is 28.8 Å². The molecule has 0 aliphatic rings. The first-order valence-electron chi connectivity index (χ1n) is 4.06. The Morgan fingerprint density at radius 3 is 2.25 bits per heavy atom. The quantitative estimate of drug-likeness (QED) is 0.466. The molecule has 1 aromatic carbocycles. The van der Waals surface area contributed by atoms with Crippen molar-refractivity contribution in [3.8, 4) is 11.3 Å². The highest BCUT2D eigenvalue weighted by molar-refractivity contribution is 5.62. The van der Waals surface area contributed by atoms with Gasteiger partial charge in [-0.1, -0.05) is 5.16 Å². The molecule has 0 bridgehead atoms. The topological polar surface area (TPSA) is 52.0 Å². The van der Waals surface area contributed by atoms with Gasteiger partial charge in [0.15, 0.2) is 23.3 Å². The highest BCUT2D eigenvalue weighted by atomic mass is 19.2. The Bertz CT molecular complexity index is 553. The van der Waals surface area contributed by atoms with Gasteiger partial charge in [0, 0.05) is 11.6 Å². The molecule has 0 spiro atoms. The number of nitrogen functional groups attached to an aromatic ring is 1.